The minimum Gasteiger partial charge on any atom is -0.454 e. The van der Waals surface area contributed by atoms with Gasteiger partial charge in [-0.1, -0.05) is 11.2 Å². The minimum absolute atomic E-state index is 0.307. The van der Waals surface area contributed by atoms with E-state index in [1.165, 1.54) is 5.56 Å². The third-order valence-electron chi connectivity index (χ3n) is 4.85. The molecular formula is C17H20N6O2S. The third-order valence-corrected chi connectivity index (χ3v) is 5.80. The molecule has 0 N–H and O–H groups in total. The zero-order chi connectivity index (χ0) is 17.9. The lowest BCUT2D eigenvalue weighted by Crippen LogP contribution is -2.47. The first-order valence-electron chi connectivity index (χ1n) is 8.58. The van der Waals surface area contributed by atoms with E-state index in [1.807, 2.05) is 11.4 Å². The zero-order valence-electron chi connectivity index (χ0n) is 14.5. The van der Waals surface area contributed by atoms with Gasteiger partial charge in [-0.3, -0.25) is 4.90 Å². The van der Waals surface area contributed by atoms with E-state index >= 15 is 0 Å². The molecule has 0 spiro atoms. The molecule has 4 rings (SSSR count). The topological polar surface area (TPSA) is 86.6 Å². The fraction of sp³-hybridized carbons (Fsp3) is 0.471. The molecule has 0 saturated carbocycles. The van der Waals surface area contributed by atoms with Gasteiger partial charge in [0.2, 0.25) is 6.79 Å². The van der Waals surface area contributed by atoms with Gasteiger partial charge in [-0.25, -0.2) is 4.98 Å². The normalized spacial score (nSPS) is 17.8. The third kappa shape index (κ3) is 3.41. The van der Waals surface area contributed by atoms with Crippen molar-refractivity contribution < 1.29 is 9.47 Å². The van der Waals surface area contributed by atoms with Crippen LogP contribution in [0.15, 0.2) is 28.7 Å². The highest BCUT2D eigenvalue weighted by molar-refractivity contribution is 7.13. The second-order valence-electron chi connectivity index (χ2n) is 6.32. The molecule has 1 saturated heterocycles. The zero-order valence-corrected chi connectivity index (χ0v) is 15.4. The summed E-state index contributed by atoms with van der Waals surface area (Å²) in [5.74, 6) is 1.66. The van der Waals surface area contributed by atoms with Crippen molar-refractivity contribution in [2.24, 2.45) is 5.11 Å². The van der Waals surface area contributed by atoms with E-state index in [0.29, 0.717) is 19.4 Å². The summed E-state index contributed by atoms with van der Waals surface area (Å²) in [6, 6.07) is 6.52. The largest absolute Gasteiger partial charge is 0.454 e. The number of anilines is 1. The Balaban J connectivity index is 1.37. The summed E-state index contributed by atoms with van der Waals surface area (Å²) in [6.07, 6.45) is 0. The predicted octanol–water partition coefficient (Wildman–Crippen LogP) is 3.57. The van der Waals surface area contributed by atoms with Crippen LogP contribution in [0.3, 0.4) is 0 Å². The number of fused-ring (bicyclic) bond motifs is 1. The van der Waals surface area contributed by atoms with Gasteiger partial charge in [-0.15, -0.1) is 11.3 Å². The molecule has 2 aliphatic heterocycles. The van der Waals surface area contributed by atoms with Crippen LogP contribution >= 0.6 is 11.3 Å². The van der Waals surface area contributed by atoms with E-state index in [4.69, 9.17) is 15.0 Å². The lowest BCUT2D eigenvalue weighted by Gasteiger charge is -2.38. The maximum atomic E-state index is 8.41. The number of thiazole rings is 1. The molecule has 1 unspecified atom stereocenters. The number of hydrogen-bond acceptors (Lipinski definition) is 7. The van der Waals surface area contributed by atoms with E-state index in [-0.39, 0.29) is 0 Å². The number of ether oxygens (including phenoxy) is 2. The van der Waals surface area contributed by atoms with Crippen LogP contribution in [0.4, 0.5) is 5.13 Å². The van der Waals surface area contributed by atoms with Crippen LogP contribution in [-0.4, -0.2) is 42.9 Å². The van der Waals surface area contributed by atoms with Crippen molar-refractivity contribution in [3.63, 3.8) is 0 Å². The molecule has 8 nitrogen and oxygen atoms in total. The van der Waals surface area contributed by atoms with Crippen molar-refractivity contribution in [2.45, 2.75) is 19.5 Å². The Labute approximate surface area is 155 Å². The van der Waals surface area contributed by atoms with E-state index in [2.05, 4.69) is 43.9 Å². The lowest BCUT2D eigenvalue weighted by atomic mass is 10.1. The molecule has 0 amide bonds. The molecule has 1 aromatic heterocycles. The number of nitrogens with zero attached hydrogens (tertiary/aromatic N) is 6. The smallest absolute Gasteiger partial charge is 0.231 e. The summed E-state index contributed by atoms with van der Waals surface area (Å²) >= 11 is 1.61. The van der Waals surface area contributed by atoms with Gasteiger partial charge in [-0.2, -0.15) is 0 Å². The summed E-state index contributed by atoms with van der Waals surface area (Å²) in [5.41, 5.74) is 10.5. The Hall–Kier alpha value is -2.48. The number of benzene rings is 1. The number of hydrogen-bond donors (Lipinski definition) is 0. The van der Waals surface area contributed by atoms with Crippen LogP contribution in [0.1, 0.15) is 24.2 Å². The summed E-state index contributed by atoms with van der Waals surface area (Å²) < 4.78 is 10.9. The fourth-order valence-electron chi connectivity index (χ4n) is 3.30. The van der Waals surface area contributed by atoms with Crippen LogP contribution in [0.5, 0.6) is 11.5 Å². The molecule has 3 heterocycles. The summed E-state index contributed by atoms with van der Waals surface area (Å²) in [4.78, 5) is 12.1. The summed E-state index contributed by atoms with van der Waals surface area (Å²) in [6.45, 7) is 6.67. The predicted molar refractivity (Wildman–Crippen MR) is 99.7 cm³/mol. The molecule has 2 aromatic rings. The van der Waals surface area contributed by atoms with E-state index in [1.54, 1.807) is 11.3 Å². The second kappa shape index (κ2) is 7.41. The number of piperazine rings is 1. The van der Waals surface area contributed by atoms with E-state index in [0.717, 1.165) is 48.5 Å². The highest BCUT2D eigenvalue weighted by Crippen LogP contribution is 2.35. The molecule has 2 aliphatic rings. The second-order valence-corrected chi connectivity index (χ2v) is 7.16. The molecular weight excluding hydrogens is 352 g/mol. The van der Waals surface area contributed by atoms with Gasteiger partial charge in [0.1, 0.15) is 0 Å². The monoisotopic (exact) mass is 372 g/mol. The number of rotatable bonds is 5. The van der Waals surface area contributed by atoms with Gasteiger partial charge in [0.05, 0.1) is 12.2 Å². The van der Waals surface area contributed by atoms with Gasteiger partial charge in [-0.05, 0) is 30.2 Å². The molecule has 136 valence electrons. The van der Waals surface area contributed by atoms with Crippen molar-refractivity contribution in [2.75, 3.05) is 37.9 Å². The van der Waals surface area contributed by atoms with Gasteiger partial charge in [0, 0.05) is 42.5 Å². The van der Waals surface area contributed by atoms with Crippen LogP contribution < -0.4 is 14.4 Å². The Morgan fingerprint density at radius 1 is 1.27 bits per heavy atom. The van der Waals surface area contributed by atoms with Crippen molar-refractivity contribution in [1.82, 2.24) is 9.88 Å². The minimum atomic E-state index is 0.307. The summed E-state index contributed by atoms with van der Waals surface area (Å²) in [5, 5.41) is 6.54. The summed E-state index contributed by atoms with van der Waals surface area (Å²) in [7, 11) is 0. The van der Waals surface area contributed by atoms with Gasteiger partial charge < -0.3 is 14.4 Å². The first kappa shape index (κ1) is 17.0. The van der Waals surface area contributed by atoms with Crippen LogP contribution in [0.2, 0.25) is 0 Å². The number of azide groups is 1. The highest BCUT2D eigenvalue weighted by atomic mass is 32.1. The van der Waals surface area contributed by atoms with E-state index < -0.39 is 0 Å². The van der Waals surface area contributed by atoms with Crippen molar-refractivity contribution >= 4 is 16.5 Å². The Morgan fingerprint density at radius 3 is 2.88 bits per heavy atom. The molecule has 0 aliphatic carbocycles. The average Bonchev–Trinajstić information content (AvgIpc) is 3.34. The maximum absolute atomic E-state index is 8.41. The molecule has 1 atom stereocenters. The molecule has 26 heavy (non-hydrogen) atoms. The van der Waals surface area contributed by atoms with E-state index in [9.17, 15) is 0 Å². The Morgan fingerprint density at radius 2 is 2.08 bits per heavy atom. The first-order chi connectivity index (χ1) is 12.7. The lowest BCUT2D eigenvalue weighted by molar-refractivity contribution is 0.173. The Kier molecular flexibility index (Phi) is 4.83. The Bertz CT molecular complexity index is 826. The van der Waals surface area contributed by atoms with Crippen LogP contribution in [-0.2, 0) is 6.54 Å². The SMILES string of the molecule is CC(c1ccc2c(c1)OCO2)N1CCN(c2nc(CN=[N+]=[N-])cs2)CC1. The van der Waals surface area contributed by atoms with Crippen LogP contribution in [0, 0.1) is 0 Å². The maximum Gasteiger partial charge on any atom is 0.231 e. The van der Waals surface area contributed by atoms with Crippen molar-refractivity contribution in [3.8, 4) is 11.5 Å². The molecule has 0 bridgehead atoms. The van der Waals surface area contributed by atoms with Crippen molar-refractivity contribution in [3.05, 3.63) is 45.3 Å². The molecule has 1 aromatic carbocycles. The highest BCUT2D eigenvalue weighted by Gasteiger charge is 2.25. The molecule has 9 heteroatoms. The van der Waals surface area contributed by atoms with Gasteiger partial charge >= 0.3 is 0 Å². The molecule has 1 fully saturated rings. The van der Waals surface area contributed by atoms with Gasteiger partial charge in [0.15, 0.2) is 16.6 Å². The number of aromatic nitrogens is 1. The van der Waals surface area contributed by atoms with Crippen molar-refractivity contribution in [1.29, 1.82) is 0 Å². The van der Waals surface area contributed by atoms with Crippen LogP contribution in [0.25, 0.3) is 10.4 Å². The van der Waals surface area contributed by atoms with Gasteiger partial charge in [0.25, 0.3) is 0 Å². The molecule has 0 radical (unpaired) electrons. The quantitative estimate of drug-likeness (QED) is 0.455. The average molecular weight is 372 g/mol. The standard InChI is InChI=1S/C17H20N6O2S/c1-12(13-2-3-15-16(8-13)25-11-24-15)22-4-6-23(7-5-22)17-20-14(10-26-17)9-19-21-18/h2-3,8,10,12H,4-7,9,11H2,1H3. The fourth-order valence-corrected chi connectivity index (χ4v) is 4.17. The first-order valence-corrected chi connectivity index (χ1v) is 9.46.